The summed E-state index contributed by atoms with van der Waals surface area (Å²) in [5, 5.41) is 3.75. The highest BCUT2D eigenvalue weighted by Crippen LogP contribution is 2.42. The first-order valence-corrected chi connectivity index (χ1v) is 7.83. The fourth-order valence-corrected chi connectivity index (χ4v) is 3.17. The zero-order chi connectivity index (χ0) is 13.8. The summed E-state index contributed by atoms with van der Waals surface area (Å²) in [6.45, 7) is 3.37. The molecule has 1 aliphatic carbocycles. The van der Waals surface area contributed by atoms with Crippen LogP contribution in [-0.4, -0.2) is 6.54 Å². The minimum Gasteiger partial charge on any atom is -0.306 e. The SMILES string of the molecule is CCCCCCNC1c2ccccc2-c2ccccc21. The van der Waals surface area contributed by atoms with Gasteiger partial charge in [-0.3, -0.25) is 0 Å². The quantitative estimate of drug-likeness (QED) is 0.730. The van der Waals surface area contributed by atoms with Crippen LogP contribution in [0.15, 0.2) is 48.5 Å². The Hall–Kier alpha value is -1.60. The summed E-state index contributed by atoms with van der Waals surface area (Å²) in [5.74, 6) is 0. The molecule has 2 aromatic rings. The lowest BCUT2D eigenvalue weighted by atomic mass is 10.1. The third-order valence-corrected chi connectivity index (χ3v) is 4.21. The monoisotopic (exact) mass is 265 g/mol. The zero-order valence-electron chi connectivity index (χ0n) is 12.2. The molecule has 0 aliphatic heterocycles. The maximum atomic E-state index is 3.75. The van der Waals surface area contributed by atoms with E-state index in [0.29, 0.717) is 6.04 Å². The van der Waals surface area contributed by atoms with Crippen LogP contribution in [-0.2, 0) is 0 Å². The van der Waals surface area contributed by atoms with Gasteiger partial charge >= 0.3 is 0 Å². The van der Waals surface area contributed by atoms with Crippen LogP contribution in [0.2, 0.25) is 0 Å². The summed E-state index contributed by atoms with van der Waals surface area (Å²) in [6, 6.07) is 18.0. The van der Waals surface area contributed by atoms with Gasteiger partial charge in [0.2, 0.25) is 0 Å². The normalized spacial score (nSPS) is 13.2. The van der Waals surface area contributed by atoms with E-state index in [-0.39, 0.29) is 0 Å². The second-order valence-electron chi connectivity index (χ2n) is 5.62. The minimum absolute atomic E-state index is 0.379. The number of fused-ring (bicyclic) bond motifs is 3. The van der Waals surface area contributed by atoms with E-state index in [9.17, 15) is 0 Å². The van der Waals surface area contributed by atoms with E-state index in [1.165, 1.54) is 47.9 Å². The summed E-state index contributed by atoms with van der Waals surface area (Å²) in [6.07, 6.45) is 5.25. The molecule has 0 fully saturated rings. The molecule has 0 saturated carbocycles. The molecule has 20 heavy (non-hydrogen) atoms. The molecular weight excluding hydrogens is 242 g/mol. The largest absolute Gasteiger partial charge is 0.306 e. The van der Waals surface area contributed by atoms with Crippen LogP contribution in [0.4, 0.5) is 0 Å². The topological polar surface area (TPSA) is 12.0 Å². The van der Waals surface area contributed by atoms with Gasteiger partial charge in [0.1, 0.15) is 0 Å². The highest BCUT2D eigenvalue weighted by Gasteiger charge is 2.26. The molecule has 1 heteroatoms. The van der Waals surface area contributed by atoms with Gasteiger partial charge in [-0.05, 0) is 35.2 Å². The Morgan fingerprint density at radius 3 is 2.00 bits per heavy atom. The molecule has 1 aliphatic rings. The lowest BCUT2D eigenvalue weighted by molar-refractivity contribution is 0.561. The van der Waals surface area contributed by atoms with Crippen molar-refractivity contribution in [2.45, 2.75) is 38.6 Å². The maximum Gasteiger partial charge on any atom is 0.0588 e. The summed E-state index contributed by atoms with van der Waals surface area (Å²) >= 11 is 0. The van der Waals surface area contributed by atoms with Crippen LogP contribution in [0.5, 0.6) is 0 Å². The van der Waals surface area contributed by atoms with Gasteiger partial charge < -0.3 is 5.32 Å². The molecule has 104 valence electrons. The molecule has 3 rings (SSSR count). The lowest BCUT2D eigenvalue weighted by Crippen LogP contribution is -2.21. The third-order valence-electron chi connectivity index (χ3n) is 4.21. The molecule has 0 bridgehead atoms. The van der Waals surface area contributed by atoms with Gasteiger partial charge in [-0.2, -0.15) is 0 Å². The van der Waals surface area contributed by atoms with E-state index in [2.05, 4.69) is 60.8 Å². The first kappa shape index (κ1) is 13.4. The molecule has 0 spiro atoms. The van der Waals surface area contributed by atoms with E-state index in [4.69, 9.17) is 0 Å². The molecule has 0 aromatic heterocycles. The Morgan fingerprint density at radius 1 is 0.800 bits per heavy atom. The van der Waals surface area contributed by atoms with Crippen molar-refractivity contribution < 1.29 is 0 Å². The highest BCUT2D eigenvalue weighted by molar-refractivity contribution is 5.78. The van der Waals surface area contributed by atoms with Crippen molar-refractivity contribution in [3.05, 3.63) is 59.7 Å². The molecule has 0 saturated heterocycles. The Balaban J connectivity index is 1.77. The van der Waals surface area contributed by atoms with Crippen molar-refractivity contribution in [2.24, 2.45) is 0 Å². The molecule has 0 atom stereocenters. The Labute approximate surface area is 122 Å². The summed E-state index contributed by atoms with van der Waals surface area (Å²) in [5.41, 5.74) is 5.66. The van der Waals surface area contributed by atoms with E-state index in [1.807, 2.05) is 0 Å². The van der Waals surface area contributed by atoms with Gasteiger partial charge in [-0.15, -0.1) is 0 Å². The van der Waals surface area contributed by atoms with Gasteiger partial charge in [0, 0.05) is 0 Å². The number of hydrogen-bond donors (Lipinski definition) is 1. The second-order valence-corrected chi connectivity index (χ2v) is 5.62. The third kappa shape index (κ3) is 2.51. The summed E-state index contributed by atoms with van der Waals surface area (Å²) in [4.78, 5) is 0. The van der Waals surface area contributed by atoms with Crippen molar-refractivity contribution in [3.63, 3.8) is 0 Å². The predicted molar refractivity (Wildman–Crippen MR) is 85.9 cm³/mol. The van der Waals surface area contributed by atoms with E-state index in [1.54, 1.807) is 0 Å². The lowest BCUT2D eigenvalue weighted by Gasteiger charge is -2.15. The molecule has 0 heterocycles. The average Bonchev–Trinajstić information content (AvgIpc) is 2.82. The molecule has 2 aromatic carbocycles. The molecule has 1 N–H and O–H groups in total. The number of unbranched alkanes of at least 4 members (excludes halogenated alkanes) is 3. The standard InChI is InChI=1S/C19H23N/c1-2-3-4-9-14-20-19-17-12-7-5-10-15(17)16-11-6-8-13-18(16)19/h5-8,10-13,19-20H,2-4,9,14H2,1H3. The van der Waals surface area contributed by atoms with Gasteiger partial charge in [0.25, 0.3) is 0 Å². The fraction of sp³-hybridized carbons (Fsp3) is 0.368. The van der Waals surface area contributed by atoms with Gasteiger partial charge in [0.05, 0.1) is 6.04 Å². The van der Waals surface area contributed by atoms with Gasteiger partial charge in [-0.25, -0.2) is 0 Å². The Kier molecular flexibility index (Phi) is 4.17. The molecule has 0 radical (unpaired) electrons. The molecule has 0 amide bonds. The van der Waals surface area contributed by atoms with E-state index < -0.39 is 0 Å². The minimum atomic E-state index is 0.379. The highest BCUT2D eigenvalue weighted by atomic mass is 14.9. The number of benzene rings is 2. The van der Waals surface area contributed by atoms with Crippen molar-refractivity contribution in [2.75, 3.05) is 6.54 Å². The van der Waals surface area contributed by atoms with Gasteiger partial charge in [0.15, 0.2) is 0 Å². The van der Waals surface area contributed by atoms with E-state index >= 15 is 0 Å². The number of hydrogen-bond acceptors (Lipinski definition) is 1. The summed E-state index contributed by atoms with van der Waals surface area (Å²) < 4.78 is 0. The van der Waals surface area contributed by atoms with Crippen LogP contribution < -0.4 is 5.32 Å². The summed E-state index contributed by atoms with van der Waals surface area (Å²) in [7, 11) is 0. The van der Waals surface area contributed by atoms with Crippen LogP contribution >= 0.6 is 0 Å². The van der Waals surface area contributed by atoms with Crippen molar-refractivity contribution in [1.29, 1.82) is 0 Å². The smallest absolute Gasteiger partial charge is 0.0588 e. The number of nitrogens with one attached hydrogen (secondary N) is 1. The van der Waals surface area contributed by atoms with Crippen molar-refractivity contribution in [1.82, 2.24) is 5.32 Å². The van der Waals surface area contributed by atoms with Crippen LogP contribution in [0, 0.1) is 0 Å². The van der Waals surface area contributed by atoms with Crippen LogP contribution in [0.1, 0.15) is 49.8 Å². The Bertz CT molecular complexity index is 528. The Morgan fingerprint density at radius 2 is 1.40 bits per heavy atom. The maximum absolute atomic E-state index is 3.75. The first-order chi connectivity index (χ1) is 9.92. The van der Waals surface area contributed by atoms with Gasteiger partial charge in [-0.1, -0.05) is 74.7 Å². The number of rotatable bonds is 6. The second kappa shape index (κ2) is 6.23. The van der Waals surface area contributed by atoms with E-state index in [0.717, 1.165) is 6.54 Å². The molecular formula is C19H23N. The zero-order valence-corrected chi connectivity index (χ0v) is 12.2. The van der Waals surface area contributed by atoms with Crippen LogP contribution in [0.25, 0.3) is 11.1 Å². The fourth-order valence-electron chi connectivity index (χ4n) is 3.17. The predicted octanol–water partition coefficient (Wildman–Crippen LogP) is 4.93. The van der Waals surface area contributed by atoms with Crippen LogP contribution in [0.3, 0.4) is 0 Å². The first-order valence-electron chi connectivity index (χ1n) is 7.83. The molecule has 0 unspecified atom stereocenters. The van der Waals surface area contributed by atoms with Crippen molar-refractivity contribution in [3.8, 4) is 11.1 Å². The average molecular weight is 265 g/mol. The van der Waals surface area contributed by atoms with Crippen molar-refractivity contribution >= 4 is 0 Å². The molecule has 1 nitrogen and oxygen atoms in total.